The van der Waals surface area contributed by atoms with Crippen LogP contribution >= 0.6 is 0 Å². The third-order valence-electron chi connectivity index (χ3n) is 5.53. The number of benzene rings is 2. The standard InChI is InChI=1S/C23H26N2O5/c1-3-14(2)21(22(28)24-12-20(26)27)25-23(29)30-13-19-17-10-6-4-8-15(17)16-9-5-7-11-18(16)19/h4-11,14,19,21H,3,12-13H2,1-2H3,(H,24,28)(H,25,29)(H,26,27)/t14-,21+/m0/s1. The van der Waals surface area contributed by atoms with E-state index in [9.17, 15) is 14.4 Å². The van der Waals surface area contributed by atoms with E-state index < -0.39 is 30.6 Å². The van der Waals surface area contributed by atoms with E-state index in [1.165, 1.54) is 0 Å². The van der Waals surface area contributed by atoms with E-state index in [1.54, 1.807) is 0 Å². The normalized spacial score (nSPS) is 14.2. The van der Waals surface area contributed by atoms with E-state index in [0.717, 1.165) is 22.3 Å². The number of hydrogen-bond acceptors (Lipinski definition) is 4. The Labute approximate surface area is 175 Å². The lowest BCUT2D eigenvalue weighted by Crippen LogP contribution is -2.51. The first-order valence-corrected chi connectivity index (χ1v) is 10.0. The highest BCUT2D eigenvalue weighted by molar-refractivity contribution is 5.88. The number of aliphatic carboxylic acids is 1. The maximum absolute atomic E-state index is 12.5. The molecule has 7 heteroatoms. The van der Waals surface area contributed by atoms with Crippen molar-refractivity contribution in [3.63, 3.8) is 0 Å². The van der Waals surface area contributed by atoms with Gasteiger partial charge < -0.3 is 20.5 Å². The number of carboxylic acid groups (broad SMARTS) is 1. The quantitative estimate of drug-likeness (QED) is 0.620. The molecule has 0 saturated heterocycles. The van der Waals surface area contributed by atoms with Crippen LogP contribution in [0.5, 0.6) is 0 Å². The summed E-state index contributed by atoms with van der Waals surface area (Å²) in [6.07, 6.45) is -0.0675. The number of carbonyl (C=O) groups is 3. The van der Waals surface area contributed by atoms with Crippen LogP contribution in [0.3, 0.4) is 0 Å². The van der Waals surface area contributed by atoms with Gasteiger partial charge in [0, 0.05) is 5.92 Å². The molecule has 0 bridgehead atoms. The number of alkyl carbamates (subject to hydrolysis) is 1. The lowest BCUT2D eigenvalue weighted by molar-refractivity contribution is -0.138. The van der Waals surface area contributed by atoms with Crippen molar-refractivity contribution in [1.29, 1.82) is 0 Å². The Morgan fingerprint density at radius 1 is 1.03 bits per heavy atom. The number of nitrogens with one attached hydrogen (secondary N) is 2. The van der Waals surface area contributed by atoms with Gasteiger partial charge in [-0.1, -0.05) is 68.8 Å². The molecule has 1 aliphatic rings. The summed E-state index contributed by atoms with van der Waals surface area (Å²) in [6, 6.07) is 15.2. The minimum absolute atomic E-state index is 0.0777. The Morgan fingerprint density at radius 3 is 2.13 bits per heavy atom. The molecule has 0 aliphatic heterocycles. The molecule has 2 aromatic carbocycles. The average molecular weight is 410 g/mol. The highest BCUT2D eigenvalue weighted by Crippen LogP contribution is 2.44. The summed E-state index contributed by atoms with van der Waals surface area (Å²) in [4.78, 5) is 35.5. The fraction of sp³-hybridized carbons (Fsp3) is 0.348. The molecule has 3 N–H and O–H groups in total. The summed E-state index contributed by atoms with van der Waals surface area (Å²) >= 11 is 0. The highest BCUT2D eigenvalue weighted by atomic mass is 16.5. The van der Waals surface area contributed by atoms with Gasteiger partial charge in [0.25, 0.3) is 0 Å². The van der Waals surface area contributed by atoms with Crippen LogP contribution in [0.25, 0.3) is 11.1 Å². The molecule has 2 amide bonds. The predicted octanol–water partition coefficient (Wildman–Crippen LogP) is 3.14. The second-order valence-electron chi connectivity index (χ2n) is 7.44. The second-order valence-corrected chi connectivity index (χ2v) is 7.44. The molecule has 158 valence electrons. The zero-order chi connectivity index (χ0) is 21.7. The molecule has 0 spiro atoms. The molecule has 1 aliphatic carbocycles. The topological polar surface area (TPSA) is 105 Å². The molecule has 2 aromatic rings. The number of carboxylic acids is 1. The molecule has 3 rings (SSSR count). The van der Waals surface area contributed by atoms with Crippen LogP contribution in [-0.4, -0.2) is 42.3 Å². The third kappa shape index (κ3) is 4.62. The van der Waals surface area contributed by atoms with Crippen LogP contribution in [0, 0.1) is 5.92 Å². The molecular weight excluding hydrogens is 384 g/mol. The van der Waals surface area contributed by atoms with Crippen LogP contribution in [0.4, 0.5) is 4.79 Å². The molecular formula is C23H26N2O5. The largest absolute Gasteiger partial charge is 0.480 e. The predicted molar refractivity (Wildman–Crippen MR) is 112 cm³/mol. The molecule has 0 aromatic heterocycles. The zero-order valence-corrected chi connectivity index (χ0v) is 17.1. The maximum atomic E-state index is 12.5. The molecule has 30 heavy (non-hydrogen) atoms. The number of fused-ring (bicyclic) bond motifs is 3. The van der Waals surface area contributed by atoms with E-state index in [2.05, 4.69) is 22.8 Å². The summed E-state index contributed by atoms with van der Waals surface area (Å²) in [7, 11) is 0. The van der Waals surface area contributed by atoms with Gasteiger partial charge in [-0.15, -0.1) is 0 Å². The van der Waals surface area contributed by atoms with Gasteiger partial charge in [0.1, 0.15) is 19.2 Å². The van der Waals surface area contributed by atoms with Gasteiger partial charge in [-0.05, 0) is 28.2 Å². The minimum Gasteiger partial charge on any atom is -0.480 e. The van der Waals surface area contributed by atoms with Gasteiger partial charge in [0.2, 0.25) is 5.91 Å². The van der Waals surface area contributed by atoms with Crippen molar-refractivity contribution in [3.05, 3.63) is 59.7 Å². The van der Waals surface area contributed by atoms with Crippen molar-refractivity contribution in [2.24, 2.45) is 5.92 Å². The van der Waals surface area contributed by atoms with Gasteiger partial charge in [-0.25, -0.2) is 4.79 Å². The lowest BCUT2D eigenvalue weighted by Gasteiger charge is -2.23. The number of carbonyl (C=O) groups excluding carboxylic acids is 2. The monoisotopic (exact) mass is 410 g/mol. The fourth-order valence-electron chi connectivity index (χ4n) is 3.74. The zero-order valence-electron chi connectivity index (χ0n) is 17.1. The maximum Gasteiger partial charge on any atom is 0.407 e. The molecule has 0 saturated carbocycles. The summed E-state index contributed by atoms with van der Waals surface area (Å²) in [6.45, 7) is 3.35. The fourth-order valence-corrected chi connectivity index (χ4v) is 3.74. The first kappa shape index (κ1) is 21.4. The first-order chi connectivity index (χ1) is 14.4. The summed E-state index contributed by atoms with van der Waals surface area (Å²) in [5, 5.41) is 13.7. The third-order valence-corrected chi connectivity index (χ3v) is 5.53. The van der Waals surface area contributed by atoms with Gasteiger partial charge >= 0.3 is 12.1 Å². The van der Waals surface area contributed by atoms with Gasteiger partial charge in [0.05, 0.1) is 0 Å². The van der Waals surface area contributed by atoms with Crippen molar-refractivity contribution in [3.8, 4) is 11.1 Å². The first-order valence-electron chi connectivity index (χ1n) is 10.0. The Hall–Kier alpha value is -3.35. The SMILES string of the molecule is CC[C@H](C)[C@@H](NC(=O)OCC1c2ccccc2-c2ccccc21)C(=O)NCC(=O)O. The smallest absolute Gasteiger partial charge is 0.407 e. The molecule has 0 unspecified atom stereocenters. The summed E-state index contributed by atoms with van der Waals surface area (Å²) in [5.41, 5.74) is 4.47. The van der Waals surface area contributed by atoms with Crippen molar-refractivity contribution in [2.75, 3.05) is 13.2 Å². The Bertz CT molecular complexity index is 897. The van der Waals surface area contributed by atoms with Crippen LogP contribution in [-0.2, 0) is 14.3 Å². The summed E-state index contributed by atoms with van der Waals surface area (Å²) < 4.78 is 5.49. The number of rotatable bonds is 8. The van der Waals surface area contributed by atoms with E-state index >= 15 is 0 Å². The van der Waals surface area contributed by atoms with Crippen molar-refractivity contribution >= 4 is 18.0 Å². The van der Waals surface area contributed by atoms with Crippen LogP contribution < -0.4 is 10.6 Å². The Morgan fingerprint density at radius 2 is 1.60 bits per heavy atom. The second kappa shape index (κ2) is 9.43. The Balaban J connectivity index is 1.67. The molecule has 2 atom stereocenters. The van der Waals surface area contributed by atoms with E-state index in [1.807, 2.05) is 50.2 Å². The van der Waals surface area contributed by atoms with Gasteiger partial charge in [0.15, 0.2) is 0 Å². The minimum atomic E-state index is -1.15. The lowest BCUT2D eigenvalue weighted by atomic mass is 9.98. The summed E-state index contributed by atoms with van der Waals surface area (Å²) in [5.74, 6) is -1.95. The molecule has 0 heterocycles. The van der Waals surface area contributed by atoms with Gasteiger partial charge in [-0.2, -0.15) is 0 Å². The number of amides is 2. The van der Waals surface area contributed by atoms with E-state index in [0.29, 0.717) is 6.42 Å². The molecule has 0 radical (unpaired) electrons. The highest BCUT2D eigenvalue weighted by Gasteiger charge is 2.30. The average Bonchev–Trinajstić information content (AvgIpc) is 3.07. The molecule has 0 fully saturated rings. The number of hydrogen-bond donors (Lipinski definition) is 3. The van der Waals surface area contributed by atoms with Crippen LogP contribution in [0.15, 0.2) is 48.5 Å². The number of ether oxygens (including phenoxy) is 1. The van der Waals surface area contributed by atoms with E-state index in [-0.39, 0.29) is 18.4 Å². The Kier molecular flexibility index (Phi) is 6.72. The van der Waals surface area contributed by atoms with Crippen LogP contribution in [0.2, 0.25) is 0 Å². The van der Waals surface area contributed by atoms with Gasteiger partial charge in [-0.3, -0.25) is 9.59 Å². The van der Waals surface area contributed by atoms with Crippen molar-refractivity contribution < 1.29 is 24.2 Å². The van der Waals surface area contributed by atoms with Crippen LogP contribution in [0.1, 0.15) is 37.3 Å². The molecule has 7 nitrogen and oxygen atoms in total. The van der Waals surface area contributed by atoms with Crippen molar-refractivity contribution in [2.45, 2.75) is 32.2 Å². The van der Waals surface area contributed by atoms with Crippen molar-refractivity contribution in [1.82, 2.24) is 10.6 Å². The van der Waals surface area contributed by atoms with E-state index in [4.69, 9.17) is 9.84 Å².